The van der Waals surface area contributed by atoms with Gasteiger partial charge in [0.2, 0.25) is 0 Å². The largest absolute Gasteiger partial charge is 0.378 e. The van der Waals surface area contributed by atoms with E-state index in [0.29, 0.717) is 5.56 Å². The minimum Gasteiger partial charge on any atom is -0.378 e. The van der Waals surface area contributed by atoms with Crippen molar-refractivity contribution in [3.05, 3.63) is 39.9 Å². The van der Waals surface area contributed by atoms with Crippen LogP contribution in [0.3, 0.4) is 0 Å². The molecule has 2 heterocycles. The molecule has 1 aromatic carbocycles. The summed E-state index contributed by atoms with van der Waals surface area (Å²) in [6.07, 6.45) is -0.0992. The van der Waals surface area contributed by atoms with Crippen LogP contribution in [0.5, 0.6) is 0 Å². The molecule has 8 heteroatoms. The smallest absolute Gasteiger partial charge is 0.269 e. The lowest BCUT2D eigenvalue weighted by molar-refractivity contribution is -0.385. The summed E-state index contributed by atoms with van der Waals surface area (Å²) in [4.78, 5) is 10.3. The van der Waals surface area contributed by atoms with E-state index in [1.165, 1.54) is 12.1 Å². The molecule has 3 atom stereocenters. The number of nitro groups is 1. The van der Waals surface area contributed by atoms with Crippen molar-refractivity contribution in [1.82, 2.24) is 5.32 Å². The van der Waals surface area contributed by atoms with Gasteiger partial charge >= 0.3 is 0 Å². The number of hydrogen-bond donors (Lipinski definition) is 1. The Balaban J connectivity index is 2.03. The van der Waals surface area contributed by atoms with Crippen LogP contribution in [0.4, 0.5) is 14.5 Å². The van der Waals surface area contributed by atoms with Crippen LogP contribution in [-0.2, 0) is 10.3 Å². The number of piperidine rings is 1. The van der Waals surface area contributed by atoms with Gasteiger partial charge in [-0.2, -0.15) is 0 Å². The van der Waals surface area contributed by atoms with Gasteiger partial charge in [0.1, 0.15) is 11.7 Å². The second-order valence-corrected chi connectivity index (χ2v) is 6.16. The van der Waals surface area contributed by atoms with Gasteiger partial charge in [-0.3, -0.25) is 10.1 Å². The third-order valence-corrected chi connectivity index (χ3v) is 4.91. The summed E-state index contributed by atoms with van der Waals surface area (Å²) in [7, 11) is 0. The van der Waals surface area contributed by atoms with E-state index in [2.05, 4.69) is 5.32 Å². The van der Waals surface area contributed by atoms with Gasteiger partial charge in [0.15, 0.2) is 5.67 Å². The molecule has 0 spiro atoms. The first-order valence-corrected chi connectivity index (χ1v) is 7.22. The Labute approximate surface area is 130 Å². The summed E-state index contributed by atoms with van der Waals surface area (Å²) in [6.45, 7) is -0.730. The summed E-state index contributed by atoms with van der Waals surface area (Å²) in [5, 5.41) is 13.8. The van der Waals surface area contributed by atoms with Crippen molar-refractivity contribution in [2.24, 2.45) is 5.92 Å². The van der Waals surface area contributed by atoms with Crippen molar-refractivity contribution in [1.29, 1.82) is 0 Å². The average molecular weight is 328 g/mol. The molecule has 0 aromatic heterocycles. The lowest BCUT2D eigenvalue weighted by Gasteiger charge is -2.45. The number of hydrogen-bond acceptors (Lipinski definition) is 4. The zero-order valence-corrected chi connectivity index (χ0v) is 12.4. The minimum atomic E-state index is -2.20. The lowest BCUT2D eigenvalue weighted by Crippen LogP contribution is -2.63. The van der Waals surface area contributed by atoms with Crippen molar-refractivity contribution in [3.63, 3.8) is 0 Å². The van der Waals surface area contributed by atoms with Crippen molar-refractivity contribution >= 4 is 22.9 Å². The first-order chi connectivity index (χ1) is 10.4. The number of nitro benzene ring substituents is 1. The van der Waals surface area contributed by atoms with Crippen LogP contribution < -0.4 is 5.32 Å². The molecule has 2 aliphatic heterocycles. The molecule has 22 heavy (non-hydrogen) atoms. The predicted octanol–water partition coefficient (Wildman–Crippen LogP) is 2.43. The second kappa shape index (κ2) is 5.20. The molecule has 118 valence electrons. The highest BCUT2D eigenvalue weighted by molar-refractivity contribution is 7.80. The van der Waals surface area contributed by atoms with Crippen LogP contribution in [0.15, 0.2) is 24.3 Å². The Morgan fingerprint density at radius 2 is 2.32 bits per heavy atom. The number of benzene rings is 1. The van der Waals surface area contributed by atoms with Gasteiger partial charge in [0, 0.05) is 18.1 Å². The van der Waals surface area contributed by atoms with E-state index in [0.717, 1.165) is 0 Å². The Morgan fingerprint density at radius 3 is 3.00 bits per heavy atom. The molecule has 2 fully saturated rings. The predicted molar refractivity (Wildman–Crippen MR) is 79.2 cm³/mol. The third kappa shape index (κ3) is 2.17. The molecule has 0 bridgehead atoms. The van der Waals surface area contributed by atoms with Crippen LogP contribution in [0.1, 0.15) is 12.0 Å². The third-order valence-electron chi connectivity index (χ3n) is 4.44. The number of rotatable bonds is 3. The normalized spacial score (nSPS) is 34.1. The van der Waals surface area contributed by atoms with Gasteiger partial charge in [-0.15, -0.1) is 0 Å². The van der Waals surface area contributed by atoms with Crippen molar-refractivity contribution in [2.45, 2.75) is 17.6 Å². The number of alkyl halides is 2. The maximum Gasteiger partial charge on any atom is 0.269 e. The van der Waals surface area contributed by atoms with Crippen LogP contribution >= 0.6 is 12.2 Å². The highest BCUT2D eigenvalue weighted by atomic mass is 32.1. The van der Waals surface area contributed by atoms with E-state index < -0.39 is 22.8 Å². The molecule has 1 unspecified atom stereocenters. The standard InChI is InChI=1S/C14H14F2N2O3S/c15-7-13(16)5-10-6-21-8-14(10,17-12(13)22)9-2-1-3-11(4-9)18(19)20/h1-4,10H,5-8H2,(H,17,22)/t10-,13?,14-/m1/s1. The summed E-state index contributed by atoms with van der Waals surface area (Å²) < 4.78 is 33.0. The SMILES string of the molecule is O=[N+]([O-])c1cccc([C@]23COC[C@H]2CC(F)(CF)C(=S)N3)c1. The maximum absolute atomic E-state index is 14.5. The van der Waals surface area contributed by atoms with Gasteiger partial charge in [-0.1, -0.05) is 24.4 Å². The molecule has 0 amide bonds. The molecule has 2 aliphatic rings. The van der Waals surface area contributed by atoms with E-state index in [9.17, 15) is 18.9 Å². The van der Waals surface area contributed by atoms with Gasteiger partial charge in [0.05, 0.1) is 23.7 Å². The Bertz CT molecular complexity index is 644. The topological polar surface area (TPSA) is 64.4 Å². The quantitative estimate of drug-likeness (QED) is 0.524. The number of fused-ring (bicyclic) bond motifs is 1. The van der Waals surface area contributed by atoms with Gasteiger partial charge in [-0.25, -0.2) is 8.78 Å². The number of nitrogens with one attached hydrogen (secondary N) is 1. The van der Waals surface area contributed by atoms with Crippen molar-refractivity contribution < 1.29 is 18.4 Å². The Kier molecular flexibility index (Phi) is 3.60. The van der Waals surface area contributed by atoms with E-state index in [1.807, 2.05) is 0 Å². The molecular formula is C14H14F2N2O3S. The molecular weight excluding hydrogens is 314 g/mol. The zero-order valence-electron chi connectivity index (χ0n) is 11.6. The first-order valence-electron chi connectivity index (χ1n) is 6.81. The summed E-state index contributed by atoms with van der Waals surface area (Å²) in [5.74, 6) is -0.345. The number of non-ortho nitro benzene ring substituents is 1. The number of nitrogens with zero attached hydrogens (tertiary/aromatic N) is 1. The van der Waals surface area contributed by atoms with Crippen LogP contribution in [0.2, 0.25) is 0 Å². The van der Waals surface area contributed by atoms with Gasteiger partial charge in [0.25, 0.3) is 5.69 Å². The lowest BCUT2D eigenvalue weighted by atomic mass is 9.72. The highest BCUT2D eigenvalue weighted by Crippen LogP contribution is 2.45. The van der Waals surface area contributed by atoms with E-state index >= 15 is 0 Å². The average Bonchev–Trinajstić information content (AvgIpc) is 2.91. The zero-order chi connectivity index (χ0) is 16.0. The van der Waals surface area contributed by atoms with E-state index in [4.69, 9.17) is 17.0 Å². The fourth-order valence-corrected chi connectivity index (χ4v) is 3.51. The van der Waals surface area contributed by atoms with Gasteiger partial charge in [-0.05, 0) is 12.0 Å². The van der Waals surface area contributed by atoms with Gasteiger partial charge < -0.3 is 10.1 Å². The fourth-order valence-electron chi connectivity index (χ4n) is 3.19. The molecule has 3 rings (SSSR count). The second-order valence-electron chi connectivity index (χ2n) is 5.75. The van der Waals surface area contributed by atoms with E-state index in [-0.39, 0.29) is 36.2 Å². The number of ether oxygens (including phenoxy) is 1. The molecule has 0 aliphatic carbocycles. The number of thiocarbonyl (C=S) groups is 1. The van der Waals surface area contributed by atoms with Crippen LogP contribution in [0, 0.1) is 16.0 Å². The molecule has 0 saturated carbocycles. The minimum absolute atomic E-state index is 0.0622. The van der Waals surface area contributed by atoms with Crippen LogP contribution in [0.25, 0.3) is 0 Å². The first kappa shape index (κ1) is 15.2. The summed E-state index contributed by atoms with van der Waals surface area (Å²) >= 11 is 5.00. The monoisotopic (exact) mass is 328 g/mol. The van der Waals surface area contributed by atoms with Crippen molar-refractivity contribution in [2.75, 3.05) is 19.9 Å². The molecule has 0 radical (unpaired) electrons. The van der Waals surface area contributed by atoms with Crippen LogP contribution in [-0.4, -0.2) is 35.5 Å². The fraction of sp³-hybridized carbons (Fsp3) is 0.500. The summed E-state index contributed by atoms with van der Waals surface area (Å²) in [5.41, 5.74) is -2.49. The van der Waals surface area contributed by atoms with E-state index in [1.54, 1.807) is 12.1 Å². The highest BCUT2D eigenvalue weighted by Gasteiger charge is 2.56. The molecule has 5 nitrogen and oxygen atoms in total. The van der Waals surface area contributed by atoms with Crippen molar-refractivity contribution in [3.8, 4) is 0 Å². The Hall–Kier alpha value is -1.67. The summed E-state index contributed by atoms with van der Waals surface area (Å²) in [6, 6.07) is 6.09. The maximum atomic E-state index is 14.5. The molecule has 1 N–H and O–H groups in total. The number of halogens is 2. The molecule has 1 aromatic rings. The Morgan fingerprint density at radius 1 is 1.55 bits per heavy atom. The molecule has 2 saturated heterocycles.